The van der Waals surface area contributed by atoms with E-state index in [1.165, 1.54) is 12.0 Å². The van der Waals surface area contributed by atoms with Gasteiger partial charge in [-0.25, -0.2) is 4.79 Å². The number of hydrogen-bond donors (Lipinski definition) is 1. The van der Waals surface area contributed by atoms with Gasteiger partial charge < -0.3 is 14.7 Å². The number of fused-ring (bicyclic) bond motifs is 1. The molecule has 0 aliphatic carbocycles. The van der Waals surface area contributed by atoms with E-state index in [0.29, 0.717) is 12.8 Å². The Kier molecular flexibility index (Phi) is 1.76. The molecule has 0 aromatic heterocycles. The van der Waals surface area contributed by atoms with E-state index in [1.54, 1.807) is 0 Å². The number of carbonyl (C=O) groups is 2. The molecular formula is C8H11NO4. The third-order valence-electron chi connectivity index (χ3n) is 2.71. The molecule has 0 spiro atoms. The third kappa shape index (κ3) is 1.03. The second kappa shape index (κ2) is 2.70. The van der Waals surface area contributed by atoms with E-state index >= 15 is 0 Å². The molecule has 13 heavy (non-hydrogen) atoms. The van der Waals surface area contributed by atoms with Crippen molar-refractivity contribution in [3.05, 3.63) is 0 Å². The Morgan fingerprint density at radius 1 is 1.69 bits per heavy atom. The average Bonchev–Trinajstić information content (AvgIpc) is 2.36. The molecule has 1 N–H and O–H groups in total. The number of methoxy groups -OCH3 is 1. The number of carbonyl (C=O) groups excluding carboxylic acids is 2. The lowest BCUT2D eigenvalue weighted by Gasteiger charge is -2.37. The largest absolute Gasteiger partial charge is 0.467 e. The minimum absolute atomic E-state index is 0.0478. The van der Waals surface area contributed by atoms with Crippen molar-refractivity contribution >= 4 is 11.9 Å². The molecular weight excluding hydrogens is 174 g/mol. The number of aliphatic hydroxyl groups excluding tert-OH is 1. The maximum atomic E-state index is 11.2. The molecule has 2 saturated heterocycles. The molecule has 2 aliphatic rings. The van der Waals surface area contributed by atoms with Crippen LogP contribution in [-0.2, 0) is 14.3 Å². The topological polar surface area (TPSA) is 66.8 Å². The molecule has 2 aliphatic heterocycles. The number of ether oxygens (including phenoxy) is 1. The van der Waals surface area contributed by atoms with Crippen molar-refractivity contribution in [1.82, 2.24) is 4.90 Å². The molecule has 3 unspecified atom stereocenters. The van der Waals surface area contributed by atoms with Gasteiger partial charge in [-0.1, -0.05) is 0 Å². The first-order valence-corrected chi connectivity index (χ1v) is 4.22. The van der Waals surface area contributed by atoms with Gasteiger partial charge in [-0.2, -0.15) is 0 Å². The minimum Gasteiger partial charge on any atom is -0.467 e. The van der Waals surface area contributed by atoms with E-state index < -0.39 is 18.1 Å². The highest BCUT2D eigenvalue weighted by Crippen LogP contribution is 2.35. The van der Waals surface area contributed by atoms with Gasteiger partial charge in [0.15, 0.2) is 6.04 Å². The van der Waals surface area contributed by atoms with Crippen LogP contribution in [0.1, 0.15) is 12.8 Å². The van der Waals surface area contributed by atoms with E-state index in [9.17, 15) is 14.7 Å². The quantitative estimate of drug-likeness (QED) is 0.415. The Hall–Kier alpha value is -1.10. The molecule has 0 aromatic rings. The fraction of sp³-hybridized carbons (Fsp3) is 0.750. The van der Waals surface area contributed by atoms with Crippen LogP contribution < -0.4 is 0 Å². The van der Waals surface area contributed by atoms with E-state index in [-0.39, 0.29) is 11.9 Å². The first kappa shape index (κ1) is 8.50. The van der Waals surface area contributed by atoms with Crippen molar-refractivity contribution in [2.75, 3.05) is 7.11 Å². The monoisotopic (exact) mass is 185 g/mol. The zero-order valence-electron chi connectivity index (χ0n) is 7.27. The van der Waals surface area contributed by atoms with Gasteiger partial charge in [0.05, 0.1) is 13.2 Å². The van der Waals surface area contributed by atoms with E-state index in [0.717, 1.165) is 0 Å². The van der Waals surface area contributed by atoms with Gasteiger partial charge in [-0.05, 0) is 6.42 Å². The molecule has 0 saturated carbocycles. The highest BCUT2D eigenvalue weighted by molar-refractivity contribution is 5.90. The maximum Gasteiger partial charge on any atom is 0.331 e. The number of nitrogens with zero attached hydrogens (tertiary/aromatic N) is 1. The Labute approximate surface area is 75.3 Å². The van der Waals surface area contributed by atoms with Crippen LogP contribution >= 0.6 is 0 Å². The van der Waals surface area contributed by atoms with E-state index in [1.807, 2.05) is 0 Å². The van der Waals surface area contributed by atoms with Gasteiger partial charge in [0.1, 0.15) is 0 Å². The van der Waals surface area contributed by atoms with Crippen LogP contribution in [0.2, 0.25) is 0 Å². The molecule has 2 fully saturated rings. The SMILES string of the molecule is COC(=O)C1C(O)CC2CC(=O)N21. The highest BCUT2D eigenvalue weighted by Gasteiger charge is 2.53. The van der Waals surface area contributed by atoms with Crippen LogP contribution in [0.25, 0.3) is 0 Å². The molecule has 0 radical (unpaired) electrons. The van der Waals surface area contributed by atoms with Crippen molar-refractivity contribution in [3.8, 4) is 0 Å². The lowest BCUT2D eigenvalue weighted by molar-refractivity contribution is -0.160. The number of esters is 1. The number of amides is 1. The summed E-state index contributed by atoms with van der Waals surface area (Å²) in [4.78, 5) is 23.7. The second-order valence-electron chi connectivity index (χ2n) is 3.43. The zero-order valence-corrected chi connectivity index (χ0v) is 7.27. The lowest BCUT2D eigenvalue weighted by Crippen LogP contribution is -2.55. The van der Waals surface area contributed by atoms with Gasteiger partial charge in [-0.3, -0.25) is 4.79 Å². The first-order valence-electron chi connectivity index (χ1n) is 4.22. The van der Waals surface area contributed by atoms with Crippen LogP contribution in [0.15, 0.2) is 0 Å². The molecule has 1 amide bonds. The summed E-state index contributed by atoms with van der Waals surface area (Å²) in [7, 11) is 1.26. The molecule has 2 heterocycles. The van der Waals surface area contributed by atoms with Crippen LogP contribution in [0.3, 0.4) is 0 Å². The van der Waals surface area contributed by atoms with Crippen LogP contribution in [0.4, 0.5) is 0 Å². The lowest BCUT2D eigenvalue weighted by atomic mass is 10.0. The fourth-order valence-electron chi connectivity index (χ4n) is 2.06. The second-order valence-corrected chi connectivity index (χ2v) is 3.43. The molecule has 2 rings (SSSR count). The standard InChI is InChI=1S/C8H11NO4/c1-13-8(12)7-5(10)2-4-3-6(11)9(4)7/h4-5,7,10H,2-3H2,1H3. The molecule has 3 atom stereocenters. The highest BCUT2D eigenvalue weighted by atomic mass is 16.5. The molecule has 5 heteroatoms. The summed E-state index contributed by atoms with van der Waals surface area (Å²) in [6.07, 6.45) is 0.180. The Bertz CT molecular complexity index is 265. The third-order valence-corrected chi connectivity index (χ3v) is 2.71. The van der Waals surface area contributed by atoms with E-state index in [4.69, 9.17) is 0 Å². The minimum atomic E-state index is -0.767. The summed E-state index contributed by atoms with van der Waals surface area (Å²) in [5.41, 5.74) is 0. The van der Waals surface area contributed by atoms with Crippen molar-refractivity contribution in [3.63, 3.8) is 0 Å². The zero-order chi connectivity index (χ0) is 9.59. The summed E-state index contributed by atoms with van der Waals surface area (Å²) in [6.45, 7) is 0. The Morgan fingerprint density at radius 2 is 2.38 bits per heavy atom. The summed E-state index contributed by atoms with van der Waals surface area (Å²) < 4.78 is 4.51. The van der Waals surface area contributed by atoms with Crippen molar-refractivity contribution in [1.29, 1.82) is 0 Å². The van der Waals surface area contributed by atoms with Gasteiger partial charge in [0, 0.05) is 12.5 Å². The summed E-state index contributed by atoms with van der Waals surface area (Å²) >= 11 is 0. The number of rotatable bonds is 1. The van der Waals surface area contributed by atoms with Crippen LogP contribution in [0, 0.1) is 0 Å². The van der Waals surface area contributed by atoms with Gasteiger partial charge in [0.2, 0.25) is 5.91 Å². The van der Waals surface area contributed by atoms with E-state index in [2.05, 4.69) is 4.74 Å². The smallest absolute Gasteiger partial charge is 0.331 e. The molecule has 72 valence electrons. The summed E-state index contributed by atoms with van der Waals surface area (Å²) in [5, 5.41) is 9.49. The van der Waals surface area contributed by atoms with Gasteiger partial charge >= 0.3 is 5.97 Å². The van der Waals surface area contributed by atoms with Crippen molar-refractivity contribution < 1.29 is 19.4 Å². The molecule has 5 nitrogen and oxygen atoms in total. The fourth-order valence-corrected chi connectivity index (χ4v) is 2.06. The first-order chi connectivity index (χ1) is 6.15. The Morgan fingerprint density at radius 3 is 2.92 bits per heavy atom. The normalized spacial score (nSPS) is 36.9. The summed E-state index contributed by atoms with van der Waals surface area (Å²) in [6, 6.07) is -0.720. The van der Waals surface area contributed by atoms with Crippen molar-refractivity contribution in [2.24, 2.45) is 0 Å². The maximum absolute atomic E-state index is 11.2. The van der Waals surface area contributed by atoms with Crippen molar-refractivity contribution in [2.45, 2.75) is 31.0 Å². The average molecular weight is 185 g/mol. The summed E-state index contributed by atoms with van der Waals surface area (Å²) in [5.74, 6) is -0.597. The van der Waals surface area contributed by atoms with Crippen LogP contribution in [0.5, 0.6) is 0 Å². The number of hydrogen-bond acceptors (Lipinski definition) is 4. The van der Waals surface area contributed by atoms with Crippen LogP contribution in [-0.4, -0.2) is 47.2 Å². The molecule has 0 bridgehead atoms. The molecule has 0 aromatic carbocycles. The predicted molar refractivity (Wildman–Crippen MR) is 41.7 cm³/mol. The number of aliphatic hydroxyl groups is 1. The Balaban J connectivity index is 2.16. The number of β-lactam (4-membered cyclic amide) rings is 1. The predicted octanol–water partition coefficient (Wildman–Crippen LogP) is -1.11. The van der Waals surface area contributed by atoms with Gasteiger partial charge in [0.25, 0.3) is 0 Å². The van der Waals surface area contributed by atoms with Gasteiger partial charge in [-0.15, -0.1) is 0 Å².